The first-order valence-electron chi connectivity index (χ1n) is 9.07. The zero-order chi connectivity index (χ0) is 16.7. The first kappa shape index (κ1) is 16.1. The van der Waals surface area contributed by atoms with E-state index < -0.39 is 0 Å². The number of carbonyl (C=O) groups is 2. The highest BCUT2D eigenvalue weighted by atomic mass is 32.1. The maximum Gasteiger partial charge on any atom is 0.348 e. The van der Waals surface area contributed by atoms with E-state index >= 15 is 0 Å². The second-order valence-electron chi connectivity index (χ2n) is 8.10. The molecule has 1 N–H and O–H groups in total. The standard InChI is InChI=1S/C19H25NO3S/c1-12(23-17(21)16-3-2-4-24-16)11-20-18(22)19-8-13-5-14(9-19)7-15(6-13)10-19/h2-4,12-15H,5-11H2,1H3,(H,20,22). The van der Waals surface area contributed by atoms with Crippen LogP contribution in [0.3, 0.4) is 0 Å². The molecule has 0 saturated heterocycles. The molecule has 0 radical (unpaired) electrons. The second-order valence-corrected chi connectivity index (χ2v) is 9.05. The van der Waals surface area contributed by atoms with Gasteiger partial charge in [-0.25, -0.2) is 4.79 Å². The Balaban J connectivity index is 1.31. The van der Waals surface area contributed by atoms with Crippen LogP contribution in [0.25, 0.3) is 0 Å². The van der Waals surface area contributed by atoms with E-state index in [2.05, 4.69) is 5.32 Å². The van der Waals surface area contributed by atoms with Crippen molar-refractivity contribution in [2.45, 2.75) is 51.6 Å². The molecular weight excluding hydrogens is 322 g/mol. The summed E-state index contributed by atoms with van der Waals surface area (Å²) in [5.41, 5.74) is -0.133. The molecule has 1 aromatic heterocycles. The van der Waals surface area contributed by atoms with Gasteiger partial charge in [0.15, 0.2) is 0 Å². The van der Waals surface area contributed by atoms with Crippen LogP contribution in [0.15, 0.2) is 17.5 Å². The van der Waals surface area contributed by atoms with Gasteiger partial charge in [-0.1, -0.05) is 6.07 Å². The Hall–Kier alpha value is -1.36. The number of nitrogens with one attached hydrogen (secondary N) is 1. The summed E-state index contributed by atoms with van der Waals surface area (Å²) in [5, 5.41) is 4.93. The Morgan fingerprint density at radius 1 is 1.25 bits per heavy atom. The minimum Gasteiger partial charge on any atom is -0.457 e. The molecule has 5 heteroatoms. The van der Waals surface area contributed by atoms with Gasteiger partial charge in [-0.3, -0.25) is 4.79 Å². The van der Waals surface area contributed by atoms with Crippen molar-refractivity contribution in [1.82, 2.24) is 5.32 Å². The number of hydrogen-bond donors (Lipinski definition) is 1. The van der Waals surface area contributed by atoms with Crippen LogP contribution < -0.4 is 5.32 Å². The predicted octanol–water partition coefficient (Wildman–Crippen LogP) is 3.63. The van der Waals surface area contributed by atoms with E-state index in [0.717, 1.165) is 37.0 Å². The fourth-order valence-electron chi connectivity index (χ4n) is 5.49. The van der Waals surface area contributed by atoms with Crippen molar-refractivity contribution in [1.29, 1.82) is 0 Å². The lowest BCUT2D eigenvalue weighted by Crippen LogP contribution is -2.54. The molecule has 130 valence electrons. The van der Waals surface area contributed by atoms with E-state index in [4.69, 9.17) is 4.74 Å². The van der Waals surface area contributed by atoms with Crippen LogP contribution in [-0.4, -0.2) is 24.5 Å². The summed E-state index contributed by atoms with van der Waals surface area (Å²) in [7, 11) is 0. The summed E-state index contributed by atoms with van der Waals surface area (Å²) in [6.45, 7) is 2.24. The van der Waals surface area contributed by atoms with Gasteiger partial charge in [0.1, 0.15) is 11.0 Å². The van der Waals surface area contributed by atoms with Crippen LogP contribution in [-0.2, 0) is 9.53 Å². The molecule has 4 bridgehead atoms. The van der Waals surface area contributed by atoms with E-state index in [1.165, 1.54) is 30.6 Å². The minimum atomic E-state index is -0.308. The smallest absolute Gasteiger partial charge is 0.348 e. The Morgan fingerprint density at radius 3 is 2.42 bits per heavy atom. The van der Waals surface area contributed by atoms with Crippen molar-refractivity contribution in [2.75, 3.05) is 6.54 Å². The average Bonchev–Trinajstić information content (AvgIpc) is 3.05. The molecule has 4 saturated carbocycles. The monoisotopic (exact) mass is 347 g/mol. The molecule has 4 aliphatic carbocycles. The van der Waals surface area contributed by atoms with Crippen LogP contribution in [0.1, 0.15) is 55.1 Å². The molecule has 1 amide bonds. The summed E-state index contributed by atoms with van der Waals surface area (Å²) in [4.78, 5) is 25.4. The quantitative estimate of drug-likeness (QED) is 0.828. The normalized spacial score (nSPS) is 34.8. The first-order chi connectivity index (χ1) is 11.5. The van der Waals surface area contributed by atoms with E-state index in [1.807, 2.05) is 18.4 Å². The Bertz CT molecular complexity index is 589. The maximum absolute atomic E-state index is 12.9. The summed E-state index contributed by atoms with van der Waals surface area (Å²) in [6.07, 6.45) is 6.89. The van der Waals surface area contributed by atoms with E-state index in [1.54, 1.807) is 6.07 Å². The molecule has 1 atom stereocenters. The third-order valence-corrected chi connectivity index (χ3v) is 6.95. The second kappa shape index (κ2) is 6.17. The highest BCUT2D eigenvalue weighted by Gasteiger charge is 2.54. The topological polar surface area (TPSA) is 55.4 Å². The van der Waals surface area contributed by atoms with Crippen molar-refractivity contribution < 1.29 is 14.3 Å². The number of esters is 1. The number of carbonyl (C=O) groups excluding carboxylic acids is 2. The molecule has 1 unspecified atom stereocenters. The molecule has 4 nitrogen and oxygen atoms in total. The van der Waals surface area contributed by atoms with Crippen LogP contribution >= 0.6 is 11.3 Å². The molecular formula is C19H25NO3S. The summed E-state index contributed by atoms with van der Waals surface area (Å²) >= 11 is 1.37. The van der Waals surface area contributed by atoms with E-state index in [-0.39, 0.29) is 23.4 Å². The van der Waals surface area contributed by atoms with Gasteiger partial charge in [0.05, 0.1) is 6.54 Å². The zero-order valence-electron chi connectivity index (χ0n) is 14.1. The Kier molecular flexibility index (Phi) is 4.15. The van der Waals surface area contributed by atoms with Crippen molar-refractivity contribution in [3.05, 3.63) is 22.4 Å². The van der Waals surface area contributed by atoms with Crippen molar-refractivity contribution in [3.8, 4) is 0 Å². The van der Waals surface area contributed by atoms with E-state index in [9.17, 15) is 9.59 Å². The molecule has 0 aromatic carbocycles. The molecule has 1 aromatic rings. The lowest BCUT2D eigenvalue weighted by Gasteiger charge is -2.55. The lowest BCUT2D eigenvalue weighted by atomic mass is 9.49. The molecule has 0 spiro atoms. The minimum absolute atomic E-state index is 0.133. The van der Waals surface area contributed by atoms with Crippen LogP contribution in [0.2, 0.25) is 0 Å². The third kappa shape index (κ3) is 2.99. The Labute approximate surface area is 147 Å². The van der Waals surface area contributed by atoms with Gasteiger partial charge in [0.2, 0.25) is 5.91 Å². The number of hydrogen-bond acceptors (Lipinski definition) is 4. The highest BCUT2D eigenvalue weighted by molar-refractivity contribution is 7.11. The van der Waals surface area contributed by atoms with Crippen molar-refractivity contribution in [2.24, 2.45) is 23.2 Å². The van der Waals surface area contributed by atoms with Gasteiger partial charge in [-0.2, -0.15) is 0 Å². The average molecular weight is 347 g/mol. The van der Waals surface area contributed by atoms with Gasteiger partial charge in [-0.05, 0) is 74.6 Å². The van der Waals surface area contributed by atoms with Gasteiger partial charge >= 0.3 is 5.97 Å². The first-order valence-corrected chi connectivity index (χ1v) is 9.95. The number of thiophene rings is 1. The van der Waals surface area contributed by atoms with Crippen molar-refractivity contribution in [3.63, 3.8) is 0 Å². The van der Waals surface area contributed by atoms with Crippen LogP contribution in [0, 0.1) is 23.2 Å². The number of ether oxygens (including phenoxy) is 1. The van der Waals surface area contributed by atoms with Crippen LogP contribution in [0.5, 0.6) is 0 Å². The zero-order valence-corrected chi connectivity index (χ0v) is 14.9. The fraction of sp³-hybridized carbons (Fsp3) is 0.684. The van der Waals surface area contributed by atoms with Gasteiger partial charge in [0.25, 0.3) is 0 Å². The highest BCUT2D eigenvalue weighted by Crippen LogP contribution is 2.60. The largest absolute Gasteiger partial charge is 0.457 e. The molecule has 4 fully saturated rings. The number of amides is 1. The maximum atomic E-state index is 12.9. The number of rotatable bonds is 5. The molecule has 0 aliphatic heterocycles. The molecule has 1 heterocycles. The van der Waals surface area contributed by atoms with Gasteiger partial charge in [-0.15, -0.1) is 11.3 Å². The summed E-state index contributed by atoms with van der Waals surface area (Å²) < 4.78 is 5.42. The molecule has 5 rings (SSSR count). The molecule has 24 heavy (non-hydrogen) atoms. The predicted molar refractivity (Wildman–Crippen MR) is 92.8 cm³/mol. The third-order valence-electron chi connectivity index (χ3n) is 6.10. The van der Waals surface area contributed by atoms with Crippen LogP contribution in [0.4, 0.5) is 0 Å². The SMILES string of the molecule is CC(CNC(=O)C12CC3CC(CC(C3)C1)C2)OC(=O)c1cccs1. The molecule has 4 aliphatic rings. The fourth-order valence-corrected chi connectivity index (χ4v) is 6.10. The Morgan fingerprint density at radius 2 is 1.88 bits per heavy atom. The van der Waals surface area contributed by atoms with E-state index in [0.29, 0.717) is 11.4 Å². The van der Waals surface area contributed by atoms with Gasteiger partial charge < -0.3 is 10.1 Å². The summed E-state index contributed by atoms with van der Waals surface area (Å²) in [5.74, 6) is 2.17. The summed E-state index contributed by atoms with van der Waals surface area (Å²) in [6, 6.07) is 3.59. The van der Waals surface area contributed by atoms with Crippen molar-refractivity contribution >= 4 is 23.2 Å². The lowest BCUT2D eigenvalue weighted by molar-refractivity contribution is -0.146. The van der Waals surface area contributed by atoms with Gasteiger partial charge in [0, 0.05) is 5.41 Å².